The number of nitrogens with one attached hydrogen (secondary N) is 1. The SMILES string of the molecule is Cc1cc(Br)ccc1NC(=O)CN1CCC[C@H]1c1cccn1C. The standard InChI is InChI=1S/C18H22BrN3O/c1-13-11-14(19)7-8-15(13)20-18(23)12-22-10-4-6-17(22)16-5-3-9-21(16)2/h3,5,7-9,11,17H,4,6,10,12H2,1-2H3,(H,20,23)/t17-/m0/s1. The largest absolute Gasteiger partial charge is 0.353 e. The lowest BCUT2D eigenvalue weighted by atomic mass is 10.1. The molecule has 0 radical (unpaired) electrons. The van der Waals surface area contributed by atoms with Gasteiger partial charge in [-0.15, -0.1) is 0 Å². The van der Waals surface area contributed by atoms with Crippen LogP contribution in [0.25, 0.3) is 0 Å². The highest BCUT2D eigenvalue weighted by molar-refractivity contribution is 9.10. The van der Waals surface area contributed by atoms with E-state index in [1.54, 1.807) is 0 Å². The first-order valence-electron chi connectivity index (χ1n) is 7.96. The zero-order chi connectivity index (χ0) is 16.4. The van der Waals surface area contributed by atoms with Gasteiger partial charge in [-0.3, -0.25) is 9.69 Å². The lowest BCUT2D eigenvalue weighted by molar-refractivity contribution is -0.117. The predicted molar refractivity (Wildman–Crippen MR) is 96.5 cm³/mol. The summed E-state index contributed by atoms with van der Waals surface area (Å²) in [7, 11) is 2.07. The van der Waals surface area contributed by atoms with Gasteiger partial charge in [0.1, 0.15) is 0 Å². The topological polar surface area (TPSA) is 37.3 Å². The summed E-state index contributed by atoms with van der Waals surface area (Å²) in [5.41, 5.74) is 3.23. The van der Waals surface area contributed by atoms with Crippen LogP contribution in [0.4, 0.5) is 5.69 Å². The van der Waals surface area contributed by atoms with Crippen LogP contribution < -0.4 is 5.32 Å². The van der Waals surface area contributed by atoms with Crippen LogP contribution >= 0.6 is 15.9 Å². The highest BCUT2D eigenvalue weighted by atomic mass is 79.9. The van der Waals surface area contributed by atoms with Crippen LogP contribution in [0.1, 0.15) is 30.1 Å². The van der Waals surface area contributed by atoms with Gasteiger partial charge in [0.25, 0.3) is 0 Å². The molecule has 122 valence electrons. The molecule has 0 saturated carbocycles. The van der Waals surface area contributed by atoms with Crippen molar-refractivity contribution in [3.05, 3.63) is 52.3 Å². The molecule has 1 N–H and O–H groups in total. The Morgan fingerprint density at radius 2 is 2.22 bits per heavy atom. The van der Waals surface area contributed by atoms with Crippen LogP contribution in [0.3, 0.4) is 0 Å². The Bertz CT molecular complexity index is 710. The molecule has 5 heteroatoms. The van der Waals surface area contributed by atoms with Gasteiger partial charge in [0, 0.05) is 29.1 Å². The molecule has 1 aromatic heterocycles. The zero-order valence-electron chi connectivity index (χ0n) is 13.6. The third-order valence-electron chi connectivity index (χ3n) is 4.50. The molecule has 1 aromatic carbocycles. The van der Waals surface area contributed by atoms with Crippen molar-refractivity contribution in [2.24, 2.45) is 7.05 Å². The number of aryl methyl sites for hydroxylation is 2. The van der Waals surface area contributed by atoms with E-state index in [2.05, 4.69) is 56.1 Å². The first-order chi connectivity index (χ1) is 11.0. The third kappa shape index (κ3) is 3.67. The van der Waals surface area contributed by atoms with Crippen LogP contribution in [0.2, 0.25) is 0 Å². The molecular weight excluding hydrogens is 354 g/mol. The smallest absolute Gasteiger partial charge is 0.238 e. The fourth-order valence-electron chi connectivity index (χ4n) is 3.31. The number of hydrogen-bond acceptors (Lipinski definition) is 2. The maximum Gasteiger partial charge on any atom is 0.238 e. The van der Waals surface area contributed by atoms with E-state index in [4.69, 9.17) is 0 Å². The summed E-state index contributed by atoms with van der Waals surface area (Å²) in [5.74, 6) is 0.0523. The van der Waals surface area contributed by atoms with E-state index >= 15 is 0 Å². The quantitative estimate of drug-likeness (QED) is 0.880. The van der Waals surface area contributed by atoms with Gasteiger partial charge in [-0.1, -0.05) is 15.9 Å². The second-order valence-corrected chi connectivity index (χ2v) is 7.10. The normalized spacial score (nSPS) is 18.3. The summed E-state index contributed by atoms with van der Waals surface area (Å²) >= 11 is 3.45. The summed E-state index contributed by atoms with van der Waals surface area (Å²) in [5, 5.41) is 3.04. The molecule has 3 rings (SSSR count). The zero-order valence-corrected chi connectivity index (χ0v) is 15.1. The number of amides is 1. The molecule has 1 aliphatic heterocycles. The maximum atomic E-state index is 12.4. The molecule has 1 aliphatic rings. The molecule has 0 bridgehead atoms. The van der Waals surface area contributed by atoms with E-state index in [-0.39, 0.29) is 5.91 Å². The second kappa shape index (κ2) is 6.89. The molecule has 23 heavy (non-hydrogen) atoms. The number of carbonyl (C=O) groups excluding carboxylic acids is 1. The number of nitrogens with zero attached hydrogens (tertiary/aromatic N) is 2. The first-order valence-corrected chi connectivity index (χ1v) is 8.75. The summed E-state index contributed by atoms with van der Waals surface area (Å²) in [6.45, 7) is 3.41. The van der Waals surface area contributed by atoms with Crippen LogP contribution in [0.15, 0.2) is 41.0 Å². The number of aromatic nitrogens is 1. The Hall–Kier alpha value is -1.59. The van der Waals surface area contributed by atoms with Crippen LogP contribution in [0.5, 0.6) is 0 Å². The van der Waals surface area contributed by atoms with Gasteiger partial charge >= 0.3 is 0 Å². The lowest BCUT2D eigenvalue weighted by Crippen LogP contribution is -2.33. The Morgan fingerprint density at radius 3 is 2.91 bits per heavy atom. The highest BCUT2D eigenvalue weighted by Crippen LogP contribution is 2.31. The Labute approximate surface area is 145 Å². The minimum absolute atomic E-state index is 0.0523. The lowest BCUT2D eigenvalue weighted by Gasteiger charge is -2.24. The van der Waals surface area contributed by atoms with E-state index < -0.39 is 0 Å². The minimum Gasteiger partial charge on any atom is -0.353 e. The second-order valence-electron chi connectivity index (χ2n) is 6.18. The molecule has 2 heterocycles. The van der Waals surface area contributed by atoms with Gasteiger partial charge in [-0.05, 0) is 62.2 Å². The van der Waals surface area contributed by atoms with E-state index in [9.17, 15) is 4.79 Å². The Balaban J connectivity index is 1.66. The molecule has 0 aliphatic carbocycles. The average molecular weight is 376 g/mol. The average Bonchev–Trinajstić information content (AvgIpc) is 3.10. The van der Waals surface area contributed by atoms with E-state index in [0.29, 0.717) is 12.6 Å². The van der Waals surface area contributed by atoms with Crippen molar-refractivity contribution in [1.82, 2.24) is 9.47 Å². The third-order valence-corrected chi connectivity index (χ3v) is 4.99. The van der Waals surface area contributed by atoms with Crippen molar-refractivity contribution >= 4 is 27.5 Å². The molecule has 0 unspecified atom stereocenters. The number of rotatable bonds is 4. The molecule has 1 fully saturated rings. The number of benzene rings is 1. The molecular formula is C18H22BrN3O. The molecule has 0 spiro atoms. The van der Waals surface area contributed by atoms with Gasteiger partial charge in [0.2, 0.25) is 5.91 Å². The summed E-state index contributed by atoms with van der Waals surface area (Å²) in [6.07, 6.45) is 4.32. The van der Waals surface area contributed by atoms with E-state index in [0.717, 1.165) is 35.1 Å². The predicted octanol–water partition coefficient (Wildman–Crippen LogP) is 3.87. The Kier molecular flexibility index (Phi) is 4.87. The van der Waals surface area contributed by atoms with Gasteiger partial charge in [-0.2, -0.15) is 0 Å². The monoisotopic (exact) mass is 375 g/mol. The van der Waals surface area contributed by atoms with Crippen LogP contribution in [-0.2, 0) is 11.8 Å². The van der Waals surface area contributed by atoms with Crippen molar-refractivity contribution in [3.8, 4) is 0 Å². The van der Waals surface area contributed by atoms with Crippen LogP contribution in [0, 0.1) is 6.92 Å². The first kappa shape index (κ1) is 16.3. The minimum atomic E-state index is 0.0523. The van der Waals surface area contributed by atoms with Gasteiger partial charge < -0.3 is 9.88 Å². The van der Waals surface area contributed by atoms with Gasteiger partial charge in [-0.25, -0.2) is 0 Å². The molecule has 1 saturated heterocycles. The number of likely N-dealkylation sites (tertiary alicyclic amines) is 1. The fraction of sp³-hybridized carbons (Fsp3) is 0.389. The summed E-state index contributed by atoms with van der Waals surface area (Å²) < 4.78 is 3.18. The number of carbonyl (C=O) groups is 1. The van der Waals surface area contributed by atoms with Gasteiger partial charge in [0.15, 0.2) is 0 Å². The summed E-state index contributed by atoms with van der Waals surface area (Å²) in [6, 6.07) is 10.5. The van der Waals surface area contributed by atoms with E-state index in [1.807, 2.05) is 25.1 Å². The molecule has 2 aromatic rings. The Morgan fingerprint density at radius 1 is 1.39 bits per heavy atom. The maximum absolute atomic E-state index is 12.4. The van der Waals surface area contributed by atoms with Crippen molar-refractivity contribution in [3.63, 3.8) is 0 Å². The van der Waals surface area contributed by atoms with Crippen molar-refractivity contribution in [2.45, 2.75) is 25.8 Å². The number of halogens is 1. The van der Waals surface area contributed by atoms with Crippen LogP contribution in [-0.4, -0.2) is 28.5 Å². The number of hydrogen-bond donors (Lipinski definition) is 1. The van der Waals surface area contributed by atoms with Crippen molar-refractivity contribution < 1.29 is 4.79 Å². The van der Waals surface area contributed by atoms with Crippen molar-refractivity contribution in [1.29, 1.82) is 0 Å². The van der Waals surface area contributed by atoms with Crippen molar-refractivity contribution in [2.75, 3.05) is 18.4 Å². The highest BCUT2D eigenvalue weighted by Gasteiger charge is 2.28. The van der Waals surface area contributed by atoms with E-state index in [1.165, 1.54) is 5.69 Å². The molecule has 1 atom stereocenters. The van der Waals surface area contributed by atoms with Gasteiger partial charge in [0.05, 0.1) is 12.6 Å². The fourth-order valence-corrected chi connectivity index (χ4v) is 3.79. The number of anilines is 1. The summed E-state index contributed by atoms with van der Waals surface area (Å²) in [4.78, 5) is 14.7. The molecule has 1 amide bonds. The molecule has 4 nitrogen and oxygen atoms in total.